The lowest BCUT2D eigenvalue weighted by Crippen LogP contribution is -2.47. The van der Waals surface area contributed by atoms with E-state index in [4.69, 9.17) is 5.73 Å². The lowest BCUT2D eigenvalue weighted by Gasteiger charge is -2.14. The Bertz CT molecular complexity index is 400. The fourth-order valence-corrected chi connectivity index (χ4v) is 1.30. The van der Waals surface area contributed by atoms with Crippen LogP contribution >= 0.6 is 12.4 Å². The number of rotatable bonds is 5. The summed E-state index contributed by atoms with van der Waals surface area (Å²) in [4.78, 5) is 23.1. The van der Waals surface area contributed by atoms with E-state index in [2.05, 4.69) is 16.0 Å². The molecule has 19 heavy (non-hydrogen) atoms. The van der Waals surface area contributed by atoms with Gasteiger partial charge in [-0.2, -0.15) is 0 Å². The molecule has 0 aliphatic heterocycles. The Morgan fingerprint density at radius 2 is 1.89 bits per heavy atom. The maximum atomic E-state index is 11.6. The molecular weight excluding hydrogens is 268 g/mol. The van der Waals surface area contributed by atoms with Crippen molar-refractivity contribution in [1.29, 1.82) is 0 Å². The van der Waals surface area contributed by atoms with Crippen molar-refractivity contribution in [3.63, 3.8) is 0 Å². The molecule has 0 aliphatic carbocycles. The molecule has 5 N–H and O–H groups in total. The number of benzene rings is 1. The minimum absolute atomic E-state index is 0. The van der Waals surface area contributed by atoms with E-state index in [0.717, 1.165) is 0 Å². The van der Waals surface area contributed by atoms with E-state index in [1.165, 1.54) is 0 Å². The zero-order valence-corrected chi connectivity index (χ0v) is 11.5. The maximum absolute atomic E-state index is 11.6. The number of hydrogen-bond acceptors (Lipinski definition) is 3. The van der Waals surface area contributed by atoms with Crippen LogP contribution in [-0.4, -0.2) is 31.1 Å². The Balaban J connectivity index is 0.00000324. The van der Waals surface area contributed by atoms with E-state index in [0.29, 0.717) is 18.8 Å². The first-order chi connectivity index (χ1) is 8.63. The molecule has 0 spiro atoms. The van der Waals surface area contributed by atoms with Crippen LogP contribution < -0.4 is 21.7 Å². The third kappa shape index (κ3) is 6.64. The van der Waals surface area contributed by atoms with Gasteiger partial charge in [0.2, 0.25) is 5.91 Å². The molecular formula is C12H19ClN4O2. The second-order valence-corrected chi connectivity index (χ2v) is 3.77. The average molecular weight is 287 g/mol. The van der Waals surface area contributed by atoms with Crippen molar-refractivity contribution >= 4 is 30.0 Å². The zero-order valence-electron chi connectivity index (χ0n) is 10.7. The number of halogens is 1. The molecule has 0 heterocycles. The summed E-state index contributed by atoms with van der Waals surface area (Å²) in [5.41, 5.74) is 5.94. The molecule has 1 atom stereocenters. The summed E-state index contributed by atoms with van der Waals surface area (Å²) in [6.07, 6.45) is 0. The monoisotopic (exact) mass is 286 g/mol. The first kappa shape index (κ1) is 17.2. The third-order valence-corrected chi connectivity index (χ3v) is 2.22. The van der Waals surface area contributed by atoms with Crippen LogP contribution in [0.4, 0.5) is 10.5 Å². The number of urea groups is 1. The number of anilines is 1. The van der Waals surface area contributed by atoms with Gasteiger partial charge in [0, 0.05) is 18.8 Å². The van der Waals surface area contributed by atoms with E-state index in [1.54, 1.807) is 19.1 Å². The standard InChI is InChI=1S/C12H18N4O2.ClH/c1-9(11(17)14-8-7-13)15-12(18)16-10-5-3-2-4-6-10;/h2-6,9H,7-8,13H2,1H3,(H,14,17)(H2,15,16,18);1H. The largest absolute Gasteiger partial charge is 0.353 e. The summed E-state index contributed by atoms with van der Waals surface area (Å²) in [7, 11) is 0. The Hall–Kier alpha value is -1.79. The van der Waals surface area contributed by atoms with Gasteiger partial charge in [-0.1, -0.05) is 18.2 Å². The van der Waals surface area contributed by atoms with Crippen LogP contribution in [0.2, 0.25) is 0 Å². The summed E-state index contributed by atoms with van der Waals surface area (Å²) in [5.74, 6) is -0.260. The van der Waals surface area contributed by atoms with Gasteiger partial charge in [0.1, 0.15) is 6.04 Å². The van der Waals surface area contributed by atoms with Crippen molar-refractivity contribution in [2.75, 3.05) is 18.4 Å². The summed E-state index contributed by atoms with van der Waals surface area (Å²) in [5, 5.41) is 7.76. The predicted octanol–water partition coefficient (Wildman–Crippen LogP) is 0.693. The highest BCUT2D eigenvalue weighted by molar-refractivity contribution is 5.93. The van der Waals surface area contributed by atoms with Crippen LogP contribution in [0.15, 0.2) is 30.3 Å². The normalized spacial score (nSPS) is 10.8. The zero-order chi connectivity index (χ0) is 13.4. The highest BCUT2D eigenvalue weighted by Gasteiger charge is 2.14. The SMILES string of the molecule is CC(NC(=O)Nc1ccccc1)C(=O)NCCN.Cl. The lowest BCUT2D eigenvalue weighted by atomic mass is 10.3. The molecule has 1 rings (SSSR count). The van der Waals surface area contributed by atoms with E-state index in [-0.39, 0.29) is 18.3 Å². The van der Waals surface area contributed by atoms with Crippen LogP contribution in [0, 0.1) is 0 Å². The second kappa shape index (κ2) is 9.18. The first-order valence-corrected chi connectivity index (χ1v) is 5.74. The fourth-order valence-electron chi connectivity index (χ4n) is 1.30. The van der Waals surface area contributed by atoms with Crippen molar-refractivity contribution < 1.29 is 9.59 Å². The van der Waals surface area contributed by atoms with Gasteiger partial charge in [-0.3, -0.25) is 4.79 Å². The molecule has 0 saturated heterocycles. The van der Waals surface area contributed by atoms with E-state index in [1.807, 2.05) is 18.2 Å². The van der Waals surface area contributed by atoms with Crippen LogP contribution in [-0.2, 0) is 4.79 Å². The number of carbonyl (C=O) groups is 2. The van der Waals surface area contributed by atoms with Crippen molar-refractivity contribution in [2.45, 2.75) is 13.0 Å². The van der Waals surface area contributed by atoms with Crippen molar-refractivity contribution in [3.05, 3.63) is 30.3 Å². The number of hydrogen-bond donors (Lipinski definition) is 4. The smallest absolute Gasteiger partial charge is 0.319 e. The van der Waals surface area contributed by atoms with Crippen LogP contribution in [0.25, 0.3) is 0 Å². The summed E-state index contributed by atoms with van der Waals surface area (Å²) in [6, 6.07) is 7.97. The van der Waals surface area contributed by atoms with Crippen molar-refractivity contribution in [1.82, 2.24) is 10.6 Å². The molecule has 0 bridgehead atoms. The highest BCUT2D eigenvalue weighted by atomic mass is 35.5. The Morgan fingerprint density at radius 1 is 1.26 bits per heavy atom. The summed E-state index contributed by atoms with van der Waals surface area (Å²) >= 11 is 0. The van der Waals surface area contributed by atoms with Gasteiger partial charge in [0.25, 0.3) is 0 Å². The van der Waals surface area contributed by atoms with Gasteiger partial charge in [-0.15, -0.1) is 12.4 Å². The molecule has 0 aromatic heterocycles. The Kier molecular flexibility index (Phi) is 8.32. The molecule has 3 amide bonds. The Labute approximate surface area is 118 Å². The van der Waals surface area contributed by atoms with Gasteiger partial charge in [-0.25, -0.2) is 4.79 Å². The highest BCUT2D eigenvalue weighted by Crippen LogP contribution is 2.04. The Morgan fingerprint density at radius 3 is 2.47 bits per heavy atom. The number of nitrogens with one attached hydrogen (secondary N) is 3. The van der Waals surface area contributed by atoms with Crippen molar-refractivity contribution in [3.8, 4) is 0 Å². The number of para-hydroxylation sites is 1. The topological polar surface area (TPSA) is 96.2 Å². The predicted molar refractivity (Wildman–Crippen MR) is 77.4 cm³/mol. The van der Waals surface area contributed by atoms with Gasteiger partial charge in [0.05, 0.1) is 0 Å². The minimum Gasteiger partial charge on any atom is -0.353 e. The van der Waals surface area contributed by atoms with Gasteiger partial charge in [0.15, 0.2) is 0 Å². The van der Waals surface area contributed by atoms with E-state index < -0.39 is 12.1 Å². The van der Waals surface area contributed by atoms with Crippen LogP contribution in [0.5, 0.6) is 0 Å². The number of carbonyl (C=O) groups excluding carboxylic acids is 2. The van der Waals surface area contributed by atoms with E-state index in [9.17, 15) is 9.59 Å². The molecule has 1 aromatic rings. The molecule has 0 saturated carbocycles. The minimum atomic E-state index is -0.611. The number of nitrogens with two attached hydrogens (primary N) is 1. The fraction of sp³-hybridized carbons (Fsp3) is 0.333. The molecule has 6 nitrogen and oxygen atoms in total. The third-order valence-electron chi connectivity index (χ3n) is 2.22. The molecule has 1 unspecified atom stereocenters. The average Bonchev–Trinajstić information content (AvgIpc) is 2.36. The molecule has 106 valence electrons. The second-order valence-electron chi connectivity index (χ2n) is 3.77. The van der Waals surface area contributed by atoms with Crippen LogP contribution in [0.1, 0.15) is 6.92 Å². The molecule has 0 fully saturated rings. The maximum Gasteiger partial charge on any atom is 0.319 e. The van der Waals surface area contributed by atoms with Gasteiger partial charge >= 0.3 is 6.03 Å². The summed E-state index contributed by atoms with van der Waals surface area (Å²) in [6.45, 7) is 2.37. The first-order valence-electron chi connectivity index (χ1n) is 5.74. The summed E-state index contributed by atoms with van der Waals surface area (Å²) < 4.78 is 0. The van der Waals surface area contributed by atoms with Gasteiger partial charge < -0.3 is 21.7 Å². The van der Waals surface area contributed by atoms with E-state index >= 15 is 0 Å². The molecule has 7 heteroatoms. The molecule has 0 aliphatic rings. The molecule has 1 aromatic carbocycles. The quantitative estimate of drug-likeness (QED) is 0.641. The van der Waals surface area contributed by atoms with Crippen molar-refractivity contribution in [2.24, 2.45) is 5.73 Å². The number of amides is 3. The lowest BCUT2D eigenvalue weighted by molar-refractivity contribution is -0.122. The van der Waals surface area contributed by atoms with Crippen LogP contribution in [0.3, 0.4) is 0 Å². The molecule has 0 radical (unpaired) electrons. The van der Waals surface area contributed by atoms with Gasteiger partial charge in [-0.05, 0) is 19.1 Å².